The molecule has 0 bridgehead atoms. The SMILES string of the molecule is CNc1ncnc(N(C)C(C)C2CC2)c1C(C)C. The summed E-state index contributed by atoms with van der Waals surface area (Å²) in [6.45, 7) is 6.68. The molecule has 100 valence electrons. The Labute approximate surface area is 110 Å². The van der Waals surface area contributed by atoms with Crippen molar-refractivity contribution in [2.24, 2.45) is 5.92 Å². The van der Waals surface area contributed by atoms with E-state index in [4.69, 9.17) is 0 Å². The maximum atomic E-state index is 4.51. The minimum absolute atomic E-state index is 0.414. The Morgan fingerprint density at radius 1 is 1.28 bits per heavy atom. The number of aromatic nitrogens is 2. The molecule has 1 atom stereocenters. The minimum Gasteiger partial charge on any atom is -0.373 e. The van der Waals surface area contributed by atoms with Crippen LogP contribution in [0.1, 0.15) is 45.1 Å². The fourth-order valence-electron chi connectivity index (χ4n) is 2.49. The molecule has 1 saturated carbocycles. The fourth-order valence-corrected chi connectivity index (χ4v) is 2.49. The van der Waals surface area contributed by atoms with Gasteiger partial charge < -0.3 is 10.2 Å². The van der Waals surface area contributed by atoms with Gasteiger partial charge in [0.05, 0.1) is 0 Å². The largest absolute Gasteiger partial charge is 0.373 e. The summed E-state index contributed by atoms with van der Waals surface area (Å²) in [7, 11) is 4.07. The molecule has 1 aromatic rings. The van der Waals surface area contributed by atoms with Crippen molar-refractivity contribution >= 4 is 11.6 Å². The zero-order valence-electron chi connectivity index (χ0n) is 12.1. The first-order valence-corrected chi connectivity index (χ1v) is 6.81. The van der Waals surface area contributed by atoms with Gasteiger partial charge in [-0.2, -0.15) is 0 Å². The van der Waals surface area contributed by atoms with E-state index in [2.05, 4.69) is 48.0 Å². The van der Waals surface area contributed by atoms with E-state index in [-0.39, 0.29) is 0 Å². The number of rotatable bonds is 5. The van der Waals surface area contributed by atoms with Crippen LogP contribution in [0.2, 0.25) is 0 Å². The van der Waals surface area contributed by atoms with E-state index in [0.717, 1.165) is 17.6 Å². The third-order valence-electron chi connectivity index (χ3n) is 3.93. The second-order valence-electron chi connectivity index (χ2n) is 5.55. The Morgan fingerprint density at radius 3 is 2.44 bits per heavy atom. The van der Waals surface area contributed by atoms with Gasteiger partial charge >= 0.3 is 0 Å². The smallest absolute Gasteiger partial charge is 0.137 e. The van der Waals surface area contributed by atoms with Crippen LogP contribution < -0.4 is 10.2 Å². The van der Waals surface area contributed by atoms with Crippen molar-refractivity contribution in [1.82, 2.24) is 9.97 Å². The van der Waals surface area contributed by atoms with E-state index in [1.54, 1.807) is 6.33 Å². The summed E-state index contributed by atoms with van der Waals surface area (Å²) in [5.41, 5.74) is 1.22. The normalized spacial score (nSPS) is 16.8. The van der Waals surface area contributed by atoms with Gasteiger partial charge in [-0.15, -0.1) is 0 Å². The van der Waals surface area contributed by atoms with Crippen LogP contribution in [-0.2, 0) is 0 Å². The zero-order valence-corrected chi connectivity index (χ0v) is 12.1. The molecule has 1 aromatic heterocycles. The lowest BCUT2D eigenvalue weighted by Crippen LogP contribution is -2.32. The maximum Gasteiger partial charge on any atom is 0.137 e. The van der Waals surface area contributed by atoms with Crippen LogP contribution in [-0.4, -0.2) is 30.1 Å². The molecule has 0 saturated heterocycles. The molecule has 0 aromatic carbocycles. The Balaban J connectivity index is 2.36. The van der Waals surface area contributed by atoms with Crippen LogP contribution in [0.5, 0.6) is 0 Å². The molecule has 4 heteroatoms. The molecule has 1 heterocycles. The predicted molar refractivity (Wildman–Crippen MR) is 76.3 cm³/mol. The van der Waals surface area contributed by atoms with Crippen molar-refractivity contribution in [2.75, 3.05) is 24.3 Å². The van der Waals surface area contributed by atoms with Crippen LogP contribution in [0.4, 0.5) is 11.6 Å². The predicted octanol–water partition coefficient (Wildman–Crippen LogP) is 2.88. The summed E-state index contributed by atoms with van der Waals surface area (Å²) in [5, 5.41) is 3.18. The highest BCUT2D eigenvalue weighted by Gasteiger charge is 2.32. The van der Waals surface area contributed by atoms with E-state index in [1.165, 1.54) is 18.4 Å². The molecule has 1 fully saturated rings. The van der Waals surface area contributed by atoms with Crippen molar-refractivity contribution < 1.29 is 0 Å². The topological polar surface area (TPSA) is 41.1 Å². The number of anilines is 2. The summed E-state index contributed by atoms with van der Waals surface area (Å²) < 4.78 is 0. The monoisotopic (exact) mass is 248 g/mol. The molecular weight excluding hydrogens is 224 g/mol. The summed E-state index contributed by atoms with van der Waals surface area (Å²) in [4.78, 5) is 11.2. The molecule has 1 aliphatic carbocycles. The Bertz CT molecular complexity index is 412. The van der Waals surface area contributed by atoms with E-state index < -0.39 is 0 Å². The van der Waals surface area contributed by atoms with Crippen molar-refractivity contribution in [3.63, 3.8) is 0 Å². The average molecular weight is 248 g/mol. The van der Waals surface area contributed by atoms with Crippen LogP contribution in [0, 0.1) is 5.92 Å². The highest BCUT2D eigenvalue weighted by molar-refractivity contribution is 5.60. The van der Waals surface area contributed by atoms with Crippen molar-refractivity contribution in [1.29, 1.82) is 0 Å². The third-order valence-corrected chi connectivity index (χ3v) is 3.93. The van der Waals surface area contributed by atoms with Gasteiger partial charge in [-0.3, -0.25) is 0 Å². The summed E-state index contributed by atoms with van der Waals surface area (Å²) >= 11 is 0. The second kappa shape index (κ2) is 5.12. The van der Waals surface area contributed by atoms with Crippen LogP contribution in [0.25, 0.3) is 0 Å². The Kier molecular flexibility index (Phi) is 3.73. The van der Waals surface area contributed by atoms with E-state index in [1.807, 2.05) is 7.05 Å². The molecular formula is C14H24N4. The zero-order chi connectivity index (χ0) is 13.3. The summed E-state index contributed by atoms with van der Waals surface area (Å²) in [5.74, 6) is 3.27. The van der Waals surface area contributed by atoms with E-state index in [0.29, 0.717) is 12.0 Å². The minimum atomic E-state index is 0.414. The standard InChI is InChI=1S/C14H24N4/c1-9(2)12-13(15-4)16-8-17-14(12)18(5)10(3)11-6-7-11/h8-11H,6-7H2,1-5H3,(H,15,16,17). The quantitative estimate of drug-likeness (QED) is 0.870. The first-order chi connectivity index (χ1) is 8.56. The molecule has 1 unspecified atom stereocenters. The second-order valence-corrected chi connectivity index (χ2v) is 5.55. The van der Waals surface area contributed by atoms with Gasteiger partial charge in [0.1, 0.15) is 18.0 Å². The number of hydrogen-bond donors (Lipinski definition) is 1. The lowest BCUT2D eigenvalue weighted by Gasteiger charge is -2.29. The van der Waals surface area contributed by atoms with Crippen molar-refractivity contribution in [3.05, 3.63) is 11.9 Å². The molecule has 0 amide bonds. The first kappa shape index (κ1) is 13.1. The molecule has 1 N–H and O–H groups in total. The highest BCUT2D eigenvalue weighted by atomic mass is 15.2. The lowest BCUT2D eigenvalue weighted by atomic mass is 10.0. The third kappa shape index (κ3) is 2.42. The Morgan fingerprint density at radius 2 is 1.94 bits per heavy atom. The highest BCUT2D eigenvalue weighted by Crippen LogP contribution is 2.38. The lowest BCUT2D eigenvalue weighted by molar-refractivity contribution is 0.599. The summed E-state index contributed by atoms with van der Waals surface area (Å²) in [6, 6.07) is 0.558. The molecule has 4 nitrogen and oxygen atoms in total. The molecule has 1 aliphatic rings. The maximum absolute atomic E-state index is 4.51. The average Bonchev–Trinajstić information content (AvgIpc) is 3.20. The fraction of sp³-hybridized carbons (Fsp3) is 0.714. The van der Waals surface area contributed by atoms with Gasteiger partial charge in [-0.1, -0.05) is 13.8 Å². The van der Waals surface area contributed by atoms with E-state index >= 15 is 0 Å². The van der Waals surface area contributed by atoms with E-state index in [9.17, 15) is 0 Å². The van der Waals surface area contributed by atoms with Gasteiger partial charge in [0, 0.05) is 25.7 Å². The van der Waals surface area contributed by atoms with Gasteiger partial charge in [0.25, 0.3) is 0 Å². The first-order valence-electron chi connectivity index (χ1n) is 6.81. The Hall–Kier alpha value is -1.32. The number of nitrogens with zero attached hydrogens (tertiary/aromatic N) is 3. The van der Waals surface area contributed by atoms with Crippen molar-refractivity contribution in [2.45, 2.75) is 45.6 Å². The van der Waals surface area contributed by atoms with Crippen LogP contribution >= 0.6 is 0 Å². The molecule has 0 radical (unpaired) electrons. The molecule has 2 rings (SSSR count). The number of hydrogen-bond acceptors (Lipinski definition) is 4. The molecule has 18 heavy (non-hydrogen) atoms. The van der Waals surface area contributed by atoms with Gasteiger partial charge in [0.2, 0.25) is 0 Å². The van der Waals surface area contributed by atoms with Crippen LogP contribution in [0.3, 0.4) is 0 Å². The molecule has 0 aliphatic heterocycles. The summed E-state index contributed by atoms with van der Waals surface area (Å²) in [6.07, 6.45) is 4.36. The number of nitrogens with one attached hydrogen (secondary N) is 1. The van der Waals surface area contributed by atoms with Gasteiger partial charge in [-0.25, -0.2) is 9.97 Å². The van der Waals surface area contributed by atoms with Crippen molar-refractivity contribution in [3.8, 4) is 0 Å². The molecule has 0 spiro atoms. The van der Waals surface area contributed by atoms with Gasteiger partial charge in [0.15, 0.2) is 0 Å². The van der Waals surface area contributed by atoms with Crippen LogP contribution in [0.15, 0.2) is 6.33 Å². The van der Waals surface area contributed by atoms with Gasteiger partial charge in [-0.05, 0) is 31.6 Å².